The van der Waals surface area contributed by atoms with Crippen molar-refractivity contribution in [1.29, 1.82) is 0 Å². The predicted molar refractivity (Wildman–Crippen MR) is 88.1 cm³/mol. The largest absolute Gasteiger partial charge is 0.500 e. The van der Waals surface area contributed by atoms with Gasteiger partial charge in [-0.1, -0.05) is 13.8 Å². The fraction of sp³-hybridized carbons (Fsp3) is 1.00. The Hall–Kier alpha value is 0.0169. The molecule has 0 aromatic rings. The summed E-state index contributed by atoms with van der Waals surface area (Å²) >= 11 is 0. The average molecular weight is 322 g/mol. The van der Waals surface area contributed by atoms with Gasteiger partial charge in [0.1, 0.15) is 0 Å². The molecule has 5 nitrogen and oxygen atoms in total. The van der Waals surface area contributed by atoms with E-state index >= 15 is 0 Å². The normalized spacial score (nSPS) is 13.9. The van der Waals surface area contributed by atoms with Crippen LogP contribution in [-0.2, 0) is 18.1 Å². The van der Waals surface area contributed by atoms with Crippen molar-refractivity contribution in [3.8, 4) is 0 Å². The number of nitrogens with one attached hydrogen (secondary N) is 1. The van der Waals surface area contributed by atoms with E-state index in [9.17, 15) is 0 Å². The average Bonchev–Trinajstić information content (AvgIpc) is 2.38. The fourth-order valence-electron chi connectivity index (χ4n) is 2.29. The molecule has 0 aliphatic carbocycles. The van der Waals surface area contributed by atoms with Crippen LogP contribution in [0.15, 0.2) is 0 Å². The van der Waals surface area contributed by atoms with Gasteiger partial charge >= 0.3 is 8.80 Å². The molecule has 128 valence electrons. The van der Waals surface area contributed by atoms with E-state index in [4.69, 9.17) is 18.1 Å². The third-order valence-corrected chi connectivity index (χ3v) is 6.09. The van der Waals surface area contributed by atoms with Crippen molar-refractivity contribution in [3.05, 3.63) is 0 Å². The molecule has 0 saturated carbocycles. The Morgan fingerprint density at radius 3 is 1.86 bits per heavy atom. The minimum Gasteiger partial charge on any atom is -0.374 e. The van der Waals surface area contributed by atoms with E-state index in [2.05, 4.69) is 26.3 Å². The van der Waals surface area contributed by atoms with Gasteiger partial charge in [-0.15, -0.1) is 0 Å². The summed E-state index contributed by atoms with van der Waals surface area (Å²) in [6, 6.07) is 0.817. The Bertz CT molecular complexity index is 225. The summed E-state index contributed by atoms with van der Waals surface area (Å²) in [5, 5.41) is 0. The number of hydrogen-bond acceptors (Lipinski definition) is 5. The van der Waals surface area contributed by atoms with Crippen molar-refractivity contribution in [2.45, 2.75) is 66.5 Å². The summed E-state index contributed by atoms with van der Waals surface area (Å²) < 4.78 is 17.4. The molecule has 0 saturated heterocycles. The smallest absolute Gasteiger partial charge is 0.374 e. The molecule has 0 spiro atoms. The first-order chi connectivity index (χ1) is 9.99. The summed E-state index contributed by atoms with van der Waals surface area (Å²) in [6.45, 7) is 15.1. The van der Waals surface area contributed by atoms with Crippen molar-refractivity contribution in [3.63, 3.8) is 0 Å². The van der Waals surface area contributed by atoms with Gasteiger partial charge in [0.2, 0.25) is 0 Å². The Morgan fingerprint density at radius 2 is 1.43 bits per heavy atom. The van der Waals surface area contributed by atoms with Crippen LogP contribution in [0.1, 0.15) is 54.4 Å². The highest BCUT2D eigenvalue weighted by Gasteiger charge is 2.39. The van der Waals surface area contributed by atoms with Crippen LogP contribution in [0.25, 0.3) is 0 Å². The number of hydrogen-bond donors (Lipinski definition) is 1. The van der Waals surface area contributed by atoms with E-state index in [1.807, 2.05) is 20.8 Å². The topological polar surface area (TPSA) is 49.0 Å². The van der Waals surface area contributed by atoms with Crippen molar-refractivity contribution in [2.75, 3.05) is 26.4 Å². The van der Waals surface area contributed by atoms with E-state index in [0.717, 1.165) is 25.4 Å². The van der Waals surface area contributed by atoms with Crippen molar-refractivity contribution in [1.82, 2.24) is 5.48 Å². The Labute approximate surface area is 132 Å². The fourth-order valence-corrected chi connectivity index (χ4v) is 4.90. The zero-order chi connectivity index (χ0) is 16.1. The summed E-state index contributed by atoms with van der Waals surface area (Å²) in [7, 11) is -2.49. The van der Waals surface area contributed by atoms with E-state index in [1.54, 1.807) is 0 Å². The molecular formula is C15H35NO4Si. The monoisotopic (exact) mass is 321 g/mol. The molecule has 0 rings (SSSR count). The number of hydroxylamine groups is 1. The van der Waals surface area contributed by atoms with Gasteiger partial charge in [-0.2, -0.15) is 0 Å². The van der Waals surface area contributed by atoms with Crippen LogP contribution in [-0.4, -0.2) is 41.3 Å². The van der Waals surface area contributed by atoms with Crippen LogP contribution in [0.4, 0.5) is 0 Å². The lowest BCUT2D eigenvalue weighted by atomic mass is 10.1. The van der Waals surface area contributed by atoms with Crippen LogP contribution in [0.5, 0.6) is 0 Å². The molecule has 1 N–H and O–H groups in total. The van der Waals surface area contributed by atoms with Crippen LogP contribution >= 0.6 is 0 Å². The van der Waals surface area contributed by atoms with Gasteiger partial charge in [-0.3, -0.25) is 4.84 Å². The third kappa shape index (κ3) is 10.4. The van der Waals surface area contributed by atoms with Gasteiger partial charge < -0.3 is 13.3 Å². The molecule has 0 amide bonds. The van der Waals surface area contributed by atoms with Gasteiger partial charge in [-0.25, -0.2) is 5.48 Å². The van der Waals surface area contributed by atoms with Gasteiger partial charge in [-0.05, 0) is 46.5 Å². The zero-order valence-electron chi connectivity index (χ0n) is 14.7. The second kappa shape index (κ2) is 12.5. The minimum atomic E-state index is -2.49. The minimum absolute atomic E-state index is 0.234. The van der Waals surface area contributed by atoms with Crippen molar-refractivity contribution >= 4 is 8.80 Å². The molecule has 0 bridgehead atoms. The summed E-state index contributed by atoms with van der Waals surface area (Å²) in [6.07, 6.45) is 2.21. The van der Waals surface area contributed by atoms with Gasteiger partial charge in [0.25, 0.3) is 0 Å². The third-order valence-electron chi connectivity index (χ3n) is 2.94. The molecular weight excluding hydrogens is 286 g/mol. The molecule has 0 aromatic heterocycles. The maximum absolute atomic E-state index is 5.82. The van der Waals surface area contributed by atoms with E-state index in [0.29, 0.717) is 25.7 Å². The molecule has 0 heterocycles. The first-order valence-corrected chi connectivity index (χ1v) is 10.2. The van der Waals surface area contributed by atoms with Crippen molar-refractivity contribution in [2.24, 2.45) is 5.92 Å². The summed E-state index contributed by atoms with van der Waals surface area (Å²) in [5.74, 6) is 0.649. The van der Waals surface area contributed by atoms with E-state index in [-0.39, 0.29) is 6.10 Å². The van der Waals surface area contributed by atoms with Gasteiger partial charge in [0, 0.05) is 32.4 Å². The number of rotatable bonds is 14. The van der Waals surface area contributed by atoms with Crippen LogP contribution in [0.2, 0.25) is 6.04 Å². The second-order valence-electron chi connectivity index (χ2n) is 5.54. The Morgan fingerprint density at radius 1 is 0.905 bits per heavy atom. The van der Waals surface area contributed by atoms with Crippen LogP contribution < -0.4 is 5.48 Å². The first kappa shape index (κ1) is 21.0. The highest BCUT2D eigenvalue weighted by atomic mass is 28.4. The molecule has 6 heteroatoms. The maximum atomic E-state index is 5.82. The highest BCUT2D eigenvalue weighted by Crippen LogP contribution is 2.17. The highest BCUT2D eigenvalue weighted by molar-refractivity contribution is 6.60. The second-order valence-corrected chi connectivity index (χ2v) is 8.27. The lowest BCUT2D eigenvalue weighted by Gasteiger charge is -2.28. The molecule has 21 heavy (non-hydrogen) atoms. The van der Waals surface area contributed by atoms with Crippen molar-refractivity contribution < 1.29 is 18.1 Å². The van der Waals surface area contributed by atoms with Gasteiger partial charge in [0.15, 0.2) is 0 Å². The molecule has 1 atom stereocenters. The van der Waals surface area contributed by atoms with Crippen LogP contribution in [0, 0.1) is 5.92 Å². The van der Waals surface area contributed by atoms with E-state index < -0.39 is 8.80 Å². The quantitative estimate of drug-likeness (QED) is 0.302. The molecule has 0 aromatic carbocycles. The summed E-state index contributed by atoms with van der Waals surface area (Å²) in [5.41, 5.74) is 3.04. The predicted octanol–water partition coefficient (Wildman–Crippen LogP) is 3.38. The lowest BCUT2D eigenvalue weighted by Crippen LogP contribution is -2.46. The van der Waals surface area contributed by atoms with Gasteiger partial charge in [0.05, 0.1) is 6.10 Å². The molecule has 1 unspecified atom stereocenters. The standard InChI is InChI=1S/C15H35NO4Si/c1-7-17-21(18-8-2,19-9-3)12-10-11-16-20-15(6)13-14(4)5/h14-16H,7-13H2,1-6H3. The first-order valence-electron chi connectivity index (χ1n) is 8.30. The maximum Gasteiger partial charge on any atom is 0.500 e. The molecule has 0 fully saturated rings. The van der Waals surface area contributed by atoms with E-state index in [1.165, 1.54) is 0 Å². The molecule has 0 radical (unpaired) electrons. The Kier molecular flexibility index (Phi) is 12.6. The zero-order valence-corrected chi connectivity index (χ0v) is 15.7. The Balaban J connectivity index is 4.01. The van der Waals surface area contributed by atoms with Crippen LogP contribution in [0.3, 0.4) is 0 Å². The lowest BCUT2D eigenvalue weighted by molar-refractivity contribution is -0.0245. The molecule has 0 aliphatic rings. The molecule has 0 aliphatic heterocycles. The summed E-state index contributed by atoms with van der Waals surface area (Å²) in [4.78, 5) is 5.59. The SMILES string of the molecule is CCO[Si](CCCNOC(C)CC(C)C)(OCC)OCC.